The van der Waals surface area contributed by atoms with Gasteiger partial charge in [-0.15, -0.1) is 0 Å². The van der Waals surface area contributed by atoms with Crippen molar-refractivity contribution >= 4 is 17.2 Å². The summed E-state index contributed by atoms with van der Waals surface area (Å²) in [4.78, 5) is 14.5. The third-order valence-corrected chi connectivity index (χ3v) is 5.75. The zero-order valence-corrected chi connectivity index (χ0v) is 19.2. The first kappa shape index (κ1) is 21.6. The number of carbonyl (C=O) groups excluding carboxylic acids is 1. The normalized spacial score (nSPS) is 17.8. The highest BCUT2D eigenvalue weighted by atomic mass is 16.1. The Morgan fingerprint density at radius 2 is 1.19 bits per heavy atom. The van der Waals surface area contributed by atoms with E-state index < -0.39 is 0 Å². The summed E-state index contributed by atoms with van der Waals surface area (Å²) in [5, 5.41) is 0. The van der Waals surface area contributed by atoms with Crippen LogP contribution in [0.1, 0.15) is 31.9 Å². The Balaban J connectivity index is 1.78. The van der Waals surface area contributed by atoms with Crippen molar-refractivity contribution < 1.29 is 4.79 Å². The van der Waals surface area contributed by atoms with E-state index in [0.29, 0.717) is 0 Å². The van der Waals surface area contributed by atoms with Crippen molar-refractivity contribution in [3.63, 3.8) is 0 Å². The largest absolute Gasteiger partial charge is 0.344 e. The summed E-state index contributed by atoms with van der Waals surface area (Å²) in [7, 11) is 2.11. The first-order chi connectivity index (χ1) is 15.3. The molecule has 2 heteroatoms. The molecule has 1 aliphatic carbocycles. The number of carbonyl (C=O) groups is 1. The zero-order chi connectivity index (χ0) is 22.7. The molecule has 4 rings (SSSR count). The summed E-state index contributed by atoms with van der Waals surface area (Å²) >= 11 is 0. The van der Waals surface area contributed by atoms with E-state index in [1.807, 2.05) is 24.3 Å². The average Bonchev–Trinajstić information content (AvgIpc) is 2.79. The van der Waals surface area contributed by atoms with E-state index in [9.17, 15) is 4.79 Å². The van der Waals surface area contributed by atoms with Crippen molar-refractivity contribution in [3.05, 3.63) is 131 Å². The van der Waals surface area contributed by atoms with Gasteiger partial charge in [0.25, 0.3) is 0 Å². The molecule has 32 heavy (non-hydrogen) atoms. The number of benzene rings is 2. The van der Waals surface area contributed by atoms with E-state index in [4.69, 9.17) is 0 Å². The molecule has 0 aromatic heterocycles. The lowest BCUT2D eigenvalue weighted by molar-refractivity contribution is -0.112. The Bertz CT molecular complexity index is 1140. The highest BCUT2D eigenvalue weighted by Crippen LogP contribution is 2.34. The highest BCUT2D eigenvalue weighted by Gasteiger charge is 2.24. The van der Waals surface area contributed by atoms with Crippen molar-refractivity contribution in [2.45, 2.75) is 20.8 Å². The van der Waals surface area contributed by atoms with E-state index in [-0.39, 0.29) is 11.2 Å². The Morgan fingerprint density at radius 1 is 0.688 bits per heavy atom. The van der Waals surface area contributed by atoms with Gasteiger partial charge >= 0.3 is 0 Å². The topological polar surface area (TPSA) is 20.3 Å². The summed E-state index contributed by atoms with van der Waals surface area (Å²) in [5.41, 5.74) is 7.46. The van der Waals surface area contributed by atoms with Crippen LogP contribution < -0.4 is 0 Å². The first-order valence-electron chi connectivity index (χ1n) is 11.0. The van der Waals surface area contributed by atoms with Crippen molar-refractivity contribution in [1.29, 1.82) is 0 Å². The van der Waals surface area contributed by atoms with Gasteiger partial charge in [0.05, 0.1) is 0 Å². The molecular weight excluding hydrogens is 390 g/mol. The first-order valence-corrected chi connectivity index (χ1v) is 11.0. The standard InChI is InChI=1S/C30H29NO/c1-30(2,3)26-19-22(17-18-29(26)32)15-16-23-20-27(24-11-7-5-8-12-24)31(4)28(21-23)25-13-9-6-10-14-25/h5-21H,1-4H3. The molecule has 160 valence electrons. The quantitative estimate of drug-likeness (QED) is 0.535. The molecule has 0 unspecified atom stereocenters. The van der Waals surface area contributed by atoms with Crippen LogP contribution in [0.5, 0.6) is 0 Å². The molecule has 0 N–H and O–H groups in total. The molecule has 2 aromatic carbocycles. The molecule has 1 aliphatic heterocycles. The summed E-state index contributed by atoms with van der Waals surface area (Å²) in [6.07, 6.45) is 14.2. The highest BCUT2D eigenvalue weighted by molar-refractivity contribution is 6.07. The van der Waals surface area contributed by atoms with E-state index in [2.05, 4.69) is 106 Å². The van der Waals surface area contributed by atoms with Crippen LogP contribution in [-0.4, -0.2) is 17.7 Å². The van der Waals surface area contributed by atoms with Crippen LogP contribution in [-0.2, 0) is 4.79 Å². The van der Waals surface area contributed by atoms with Crippen LogP contribution in [0.4, 0.5) is 0 Å². The van der Waals surface area contributed by atoms with E-state index >= 15 is 0 Å². The second-order valence-electron chi connectivity index (χ2n) is 9.19. The van der Waals surface area contributed by atoms with Gasteiger partial charge in [-0.2, -0.15) is 0 Å². The maximum atomic E-state index is 12.3. The smallest absolute Gasteiger partial charge is 0.182 e. The Hall–Kier alpha value is -3.65. The number of rotatable bonds is 3. The van der Waals surface area contributed by atoms with Gasteiger partial charge in [0.15, 0.2) is 5.78 Å². The Labute approximate surface area is 191 Å². The molecule has 0 amide bonds. The van der Waals surface area contributed by atoms with Crippen molar-refractivity contribution in [3.8, 4) is 0 Å². The Kier molecular flexibility index (Phi) is 5.96. The molecule has 2 aromatic rings. The third-order valence-electron chi connectivity index (χ3n) is 5.75. The van der Waals surface area contributed by atoms with Gasteiger partial charge in [0.1, 0.15) is 0 Å². The van der Waals surface area contributed by atoms with Gasteiger partial charge < -0.3 is 4.90 Å². The molecule has 1 heterocycles. The molecule has 2 nitrogen and oxygen atoms in total. The van der Waals surface area contributed by atoms with Crippen LogP contribution in [0, 0.1) is 5.41 Å². The van der Waals surface area contributed by atoms with E-state index in [1.165, 1.54) is 11.1 Å². The molecule has 0 radical (unpaired) electrons. The molecule has 2 aliphatic rings. The van der Waals surface area contributed by atoms with Crippen LogP contribution in [0.3, 0.4) is 0 Å². The molecule has 0 spiro atoms. The van der Waals surface area contributed by atoms with Gasteiger partial charge in [-0.25, -0.2) is 0 Å². The van der Waals surface area contributed by atoms with E-state index in [0.717, 1.165) is 28.1 Å². The van der Waals surface area contributed by atoms with Gasteiger partial charge in [0, 0.05) is 24.0 Å². The predicted octanol–water partition coefficient (Wildman–Crippen LogP) is 6.98. The summed E-state index contributed by atoms with van der Waals surface area (Å²) < 4.78 is 0. The second kappa shape index (κ2) is 8.84. The van der Waals surface area contributed by atoms with E-state index in [1.54, 1.807) is 6.08 Å². The minimum atomic E-state index is -0.178. The molecule has 0 fully saturated rings. The minimum Gasteiger partial charge on any atom is -0.344 e. The van der Waals surface area contributed by atoms with Crippen LogP contribution in [0.15, 0.2) is 120 Å². The summed E-state index contributed by atoms with van der Waals surface area (Å²) in [6, 6.07) is 20.9. The monoisotopic (exact) mass is 419 g/mol. The minimum absolute atomic E-state index is 0.0964. The van der Waals surface area contributed by atoms with Crippen LogP contribution >= 0.6 is 0 Å². The van der Waals surface area contributed by atoms with Crippen molar-refractivity contribution in [2.75, 3.05) is 7.05 Å². The average molecular weight is 420 g/mol. The predicted molar refractivity (Wildman–Crippen MR) is 134 cm³/mol. The number of ketones is 1. The lowest BCUT2D eigenvalue weighted by atomic mass is 9.80. The molecule has 0 atom stereocenters. The van der Waals surface area contributed by atoms with Crippen LogP contribution in [0.25, 0.3) is 11.4 Å². The number of hydrogen-bond acceptors (Lipinski definition) is 2. The third kappa shape index (κ3) is 4.65. The number of hydrogen-bond donors (Lipinski definition) is 0. The second-order valence-corrected chi connectivity index (χ2v) is 9.19. The fourth-order valence-electron chi connectivity index (χ4n) is 3.98. The van der Waals surface area contributed by atoms with Gasteiger partial charge in [-0.1, -0.05) is 99.7 Å². The van der Waals surface area contributed by atoms with Gasteiger partial charge in [-0.05, 0) is 52.0 Å². The van der Waals surface area contributed by atoms with Crippen LogP contribution in [0.2, 0.25) is 0 Å². The number of nitrogens with zero attached hydrogens (tertiary/aromatic N) is 1. The maximum absolute atomic E-state index is 12.3. The summed E-state index contributed by atoms with van der Waals surface area (Å²) in [6.45, 7) is 6.23. The Morgan fingerprint density at radius 3 is 1.69 bits per heavy atom. The van der Waals surface area contributed by atoms with Crippen molar-refractivity contribution in [1.82, 2.24) is 4.90 Å². The number of allylic oxidation sites excluding steroid dienone is 10. The van der Waals surface area contributed by atoms with Gasteiger partial charge in [0.2, 0.25) is 0 Å². The summed E-state index contributed by atoms with van der Waals surface area (Å²) in [5.74, 6) is 0.0964. The maximum Gasteiger partial charge on any atom is 0.182 e. The fourth-order valence-corrected chi connectivity index (χ4v) is 3.98. The molecular formula is C30H29NO. The molecule has 0 saturated heterocycles. The zero-order valence-electron chi connectivity index (χ0n) is 19.2. The SMILES string of the molecule is CN1C(c2ccccc2)=CC(=CC=C2C=CC(=O)C(C(C)(C)C)=C2)C=C1c1ccccc1. The molecule has 0 saturated carbocycles. The fraction of sp³-hybridized carbons (Fsp3) is 0.167. The molecule has 0 bridgehead atoms. The lowest BCUT2D eigenvalue weighted by Crippen LogP contribution is -2.18. The van der Waals surface area contributed by atoms with Gasteiger partial charge in [-0.3, -0.25) is 4.79 Å². The van der Waals surface area contributed by atoms with Crippen molar-refractivity contribution in [2.24, 2.45) is 5.41 Å². The lowest BCUT2D eigenvalue weighted by Gasteiger charge is -2.30.